The van der Waals surface area contributed by atoms with Gasteiger partial charge in [-0.25, -0.2) is 0 Å². The zero-order valence-corrected chi connectivity index (χ0v) is 20.4. The van der Waals surface area contributed by atoms with Crippen molar-refractivity contribution in [1.82, 2.24) is 15.5 Å². The fourth-order valence-corrected chi connectivity index (χ4v) is 5.33. The largest absolute Gasteiger partial charge is 0.356 e. The number of carbonyl (C=O) groups is 2. The van der Waals surface area contributed by atoms with E-state index >= 15 is 0 Å². The van der Waals surface area contributed by atoms with E-state index in [1.165, 1.54) is 6.42 Å². The number of amides is 2. The summed E-state index contributed by atoms with van der Waals surface area (Å²) in [5, 5.41) is 9.59. The molecule has 0 spiro atoms. The van der Waals surface area contributed by atoms with Gasteiger partial charge < -0.3 is 20.9 Å². The predicted molar refractivity (Wildman–Crippen MR) is 137 cm³/mol. The van der Waals surface area contributed by atoms with Crippen LogP contribution in [0.1, 0.15) is 63.5 Å². The van der Waals surface area contributed by atoms with Gasteiger partial charge in [0, 0.05) is 17.9 Å². The smallest absolute Gasteiger partial charge is 0.245 e. The van der Waals surface area contributed by atoms with E-state index in [0.717, 1.165) is 62.0 Å². The zero-order chi connectivity index (χ0) is 23.9. The van der Waals surface area contributed by atoms with E-state index in [4.69, 9.17) is 0 Å². The third-order valence-electron chi connectivity index (χ3n) is 7.38. The van der Waals surface area contributed by atoms with Crippen molar-refractivity contribution in [1.29, 1.82) is 0 Å². The van der Waals surface area contributed by atoms with Crippen molar-refractivity contribution < 1.29 is 9.59 Å². The Morgan fingerprint density at radius 1 is 0.912 bits per heavy atom. The van der Waals surface area contributed by atoms with Crippen molar-refractivity contribution in [2.45, 2.75) is 70.0 Å². The Balaban J connectivity index is 1.53. The lowest BCUT2D eigenvalue weighted by molar-refractivity contribution is -0.139. The van der Waals surface area contributed by atoms with Crippen LogP contribution >= 0.6 is 0 Å². The minimum absolute atomic E-state index is 0.0368. The molecule has 6 heteroatoms. The molecule has 2 amide bonds. The second-order valence-corrected chi connectivity index (χ2v) is 9.70. The van der Waals surface area contributed by atoms with Gasteiger partial charge in [0.15, 0.2) is 0 Å². The fraction of sp³-hybridized carbons (Fsp3) is 0.500. The van der Waals surface area contributed by atoms with Gasteiger partial charge in [0.2, 0.25) is 11.8 Å². The second-order valence-electron chi connectivity index (χ2n) is 9.70. The number of anilines is 2. The summed E-state index contributed by atoms with van der Waals surface area (Å²) in [6, 6.07) is 17.8. The molecule has 3 N–H and O–H groups in total. The minimum atomic E-state index is -0.449. The van der Waals surface area contributed by atoms with E-state index in [2.05, 4.69) is 40.2 Å². The number of para-hydroxylation sites is 1. The van der Waals surface area contributed by atoms with Gasteiger partial charge in [0.1, 0.15) is 6.04 Å². The summed E-state index contributed by atoms with van der Waals surface area (Å²) in [5.41, 5.74) is 3.20. The van der Waals surface area contributed by atoms with Crippen LogP contribution in [0.15, 0.2) is 54.6 Å². The molecule has 0 unspecified atom stereocenters. The summed E-state index contributed by atoms with van der Waals surface area (Å²) in [5.74, 6) is 0.185. The van der Waals surface area contributed by atoms with Crippen LogP contribution in [-0.4, -0.2) is 42.4 Å². The first kappa shape index (κ1) is 24.3. The lowest BCUT2D eigenvalue weighted by Gasteiger charge is -2.35. The fourth-order valence-electron chi connectivity index (χ4n) is 5.33. The van der Waals surface area contributed by atoms with Crippen LogP contribution in [0.25, 0.3) is 0 Å². The third kappa shape index (κ3) is 5.79. The molecule has 2 fully saturated rings. The number of hydrogen-bond donors (Lipinski definition) is 3. The molecule has 34 heavy (non-hydrogen) atoms. The van der Waals surface area contributed by atoms with E-state index in [1.807, 2.05) is 42.2 Å². The number of nitrogens with zero attached hydrogens (tertiary/aromatic N) is 1. The zero-order valence-electron chi connectivity index (χ0n) is 20.4. The molecule has 6 nitrogen and oxygen atoms in total. The van der Waals surface area contributed by atoms with Gasteiger partial charge in [-0.2, -0.15) is 0 Å². The number of likely N-dealkylation sites (N-methyl/N-ethyl adjacent to an activating group) is 1. The van der Waals surface area contributed by atoms with Crippen molar-refractivity contribution in [3.63, 3.8) is 0 Å². The maximum Gasteiger partial charge on any atom is 0.245 e. The van der Waals surface area contributed by atoms with Gasteiger partial charge in [0.05, 0.1) is 12.1 Å². The SMILES string of the molecule is CN[C@@H](C)C(=O)N[C@H](C(=O)N1CCC[C@H]1c1cccc(Nc2ccccc2)c1)C1CCCCC1. The Bertz CT molecular complexity index is 958. The van der Waals surface area contributed by atoms with Crippen LogP contribution in [0.2, 0.25) is 0 Å². The number of nitrogens with one attached hydrogen (secondary N) is 3. The summed E-state index contributed by atoms with van der Waals surface area (Å²) in [7, 11) is 1.77. The van der Waals surface area contributed by atoms with E-state index in [-0.39, 0.29) is 29.8 Å². The Labute approximate surface area is 203 Å². The molecule has 0 radical (unpaired) electrons. The molecule has 1 saturated heterocycles. The number of likely N-dealkylation sites (tertiary alicyclic amines) is 1. The Morgan fingerprint density at radius 2 is 1.65 bits per heavy atom. The Kier molecular flexibility index (Phi) is 8.22. The van der Waals surface area contributed by atoms with Crippen LogP contribution in [0, 0.1) is 5.92 Å². The summed E-state index contributed by atoms with van der Waals surface area (Å²) in [6.45, 7) is 2.57. The molecule has 1 aliphatic heterocycles. The van der Waals surface area contributed by atoms with Crippen molar-refractivity contribution >= 4 is 23.2 Å². The summed E-state index contributed by atoms with van der Waals surface area (Å²) < 4.78 is 0. The summed E-state index contributed by atoms with van der Waals surface area (Å²) in [6.07, 6.45) is 7.39. The number of rotatable bonds is 8. The van der Waals surface area contributed by atoms with E-state index in [1.54, 1.807) is 7.05 Å². The monoisotopic (exact) mass is 462 g/mol. The molecule has 1 aliphatic carbocycles. The molecule has 1 heterocycles. The quantitative estimate of drug-likeness (QED) is 0.529. The highest BCUT2D eigenvalue weighted by molar-refractivity contribution is 5.90. The van der Waals surface area contributed by atoms with Crippen molar-refractivity contribution in [3.05, 3.63) is 60.2 Å². The highest BCUT2D eigenvalue weighted by Crippen LogP contribution is 2.36. The van der Waals surface area contributed by atoms with E-state index in [0.29, 0.717) is 0 Å². The highest BCUT2D eigenvalue weighted by Gasteiger charge is 2.39. The van der Waals surface area contributed by atoms with Crippen molar-refractivity contribution in [3.8, 4) is 0 Å². The first-order valence-corrected chi connectivity index (χ1v) is 12.8. The Morgan fingerprint density at radius 3 is 2.38 bits per heavy atom. The number of benzene rings is 2. The van der Waals surface area contributed by atoms with Crippen LogP contribution < -0.4 is 16.0 Å². The average Bonchev–Trinajstić information content (AvgIpc) is 3.38. The van der Waals surface area contributed by atoms with Crippen molar-refractivity contribution in [2.75, 3.05) is 18.9 Å². The molecule has 2 aliphatic rings. The second kappa shape index (κ2) is 11.5. The first-order valence-electron chi connectivity index (χ1n) is 12.8. The molecule has 1 saturated carbocycles. The summed E-state index contributed by atoms with van der Waals surface area (Å²) in [4.78, 5) is 28.7. The molecular formula is C28H38N4O2. The first-order chi connectivity index (χ1) is 16.6. The van der Waals surface area contributed by atoms with Gasteiger partial charge in [-0.05, 0) is 75.4 Å². The topological polar surface area (TPSA) is 73.5 Å². The minimum Gasteiger partial charge on any atom is -0.356 e. The van der Waals surface area contributed by atoms with Crippen molar-refractivity contribution in [2.24, 2.45) is 5.92 Å². The van der Waals surface area contributed by atoms with Crippen LogP contribution in [-0.2, 0) is 9.59 Å². The van der Waals surface area contributed by atoms with E-state index in [9.17, 15) is 9.59 Å². The number of hydrogen-bond acceptors (Lipinski definition) is 4. The molecule has 3 atom stereocenters. The predicted octanol–water partition coefficient (Wildman–Crippen LogP) is 4.77. The molecule has 2 aromatic carbocycles. The lowest BCUT2D eigenvalue weighted by atomic mass is 9.83. The Hall–Kier alpha value is -2.86. The summed E-state index contributed by atoms with van der Waals surface area (Å²) >= 11 is 0. The normalized spacial score (nSPS) is 20.5. The van der Waals surface area contributed by atoms with Crippen LogP contribution in [0.4, 0.5) is 11.4 Å². The van der Waals surface area contributed by atoms with Gasteiger partial charge >= 0.3 is 0 Å². The molecule has 0 bridgehead atoms. The standard InChI is InChI=1S/C28H38N4O2/c1-20(29-2)27(33)31-26(21-11-5-3-6-12-21)28(34)32-18-10-17-25(32)22-13-9-16-24(19-22)30-23-14-7-4-8-15-23/h4,7-9,13-16,19-21,25-26,29-30H,3,5-6,10-12,17-18H2,1-2H3,(H,31,33)/t20-,25-,26-/m0/s1. The lowest BCUT2D eigenvalue weighted by Crippen LogP contribution is -2.55. The number of carbonyl (C=O) groups excluding carboxylic acids is 2. The molecular weight excluding hydrogens is 424 g/mol. The van der Waals surface area contributed by atoms with Crippen LogP contribution in [0.5, 0.6) is 0 Å². The van der Waals surface area contributed by atoms with E-state index < -0.39 is 6.04 Å². The maximum atomic E-state index is 13.9. The highest BCUT2D eigenvalue weighted by atomic mass is 16.2. The average molecular weight is 463 g/mol. The van der Waals surface area contributed by atoms with Crippen LogP contribution in [0.3, 0.4) is 0 Å². The molecule has 182 valence electrons. The molecule has 4 rings (SSSR count). The van der Waals surface area contributed by atoms with Gasteiger partial charge in [0.25, 0.3) is 0 Å². The molecule has 0 aromatic heterocycles. The third-order valence-corrected chi connectivity index (χ3v) is 7.38. The molecule has 2 aromatic rings. The van der Waals surface area contributed by atoms with Gasteiger partial charge in [-0.1, -0.05) is 49.6 Å². The van der Waals surface area contributed by atoms with Gasteiger partial charge in [-0.3, -0.25) is 9.59 Å². The maximum absolute atomic E-state index is 13.9. The van der Waals surface area contributed by atoms with Gasteiger partial charge in [-0.15, -0.1) is 0 Å².